The molecule has 0 saturated heterocycles. The van der Waals surface area contributed by atoms with Crippen LogP contribution in [0.4, 0.5) is 0 Å². The number of hydrogen-bond acceptors (Lipinski definition) is 6. The lowest BCUT2D eigenvalue weighted by Crippen LogP contribution is -1.91. The molecule has 2 heterocycles. The first-order valence-corrected chi connectivity index (χ1v) is 7.03. The van der Waals surface area contributed by atoms with Crippen molar-refractivity contribution in [1.82, 2.24) is 15.1 Å². The zero-order valence-electron chi connectivity index (χ0n) is 11.1. The van der Waals surface area contributed by atoms with Crippen molar-refractivity contribution in [1.29, 1.82) is 0 Å². The van der Waals surface area contributed by atoms with Crippen molar-refractivity contribution in [3.63, 3.8) is 0 Å². The summed E-state index contributed by atoms with van der Waals surface area (Å²) >= 11 is 1.59. The van der Waals surface area contributed by atoms with Gasteiger partial charge in [0.15, 0.2) is 5.82 Å². The van der Waals surface area contributed by atoms with E-state index < -0.39 is 0 Å². The Balaban J connectivity index is 1.88. The Morgan fingerprint density at radius 3 is 2.85 bits per heavy atom. The average Bonchev–Trinajstić information content (AvgIpc) is 3.02. The minimum Gasteiger partial charge on any atom is -0.507 e. The lowest BCUT2D eigenvalue weighted by Gasteiger charge is -1.99. The second-order valence-corrected chi connectivity index (χ2v) is 5.63. The van der Waals surface area contributed by atoms with Crippen LogP contribution in [0.1, 0.15) is 22.1 Å². The van der Waals surface area contributed by atoms with Gasteiger partial charge in [0.05, 0.1) is 22.7 Å². The van der Waals surface area contributed by atoms with Gasteiger partial charge >= 0.3 is 0 Å². The monoisotopic (exact) mass is 287 g/mol. The quantitative estimate of drug-likeness (QED) is 0.801. The molecule has 6 heteroatoms. The number of thiazole rings is 1. The van der Waals surface area contributed by atoms with Gasteiger partial charge in [0.2, 0.25) is 0 Å². The van der Waals surface area contributed by atoms with Gasteiger partial charge in [-0.1, -0.05) is 16.8 Å². The Morgan fingerprint density at radius 2 is 2.10 bits per heavy atom. The summed E-state index contributed by atoms with van der Waals surface area (Å²) in [6, 6.07) is 5.27. The number of benzene rings is 1. The number of phenols is 1. The number of rotatable bonds is 3. The van der Waals surface area contributed by atoms with E-state index in [0.29, 0.717) is 23.7 Å². The van der Waals surface area contributed by atoms with Crippen LogP contribution >= 0.6 is 11.3 Å². The van der Waals surface area contributed by atoms with Gasteiger partial charge < -0.3 is 9.63 Å². The molecule has 0 aliphatic heterocycles. The second kappa shape index (κ2) is 5.05. The van der Waals surface area contributed by atoms with E-state index in [1.165, 1.54) is 0 Å². The van der Waals surface area contributed by atoms with Crippen LogP contribution in [0, 0.1) is 13.8 Å². The Hall–Kier alpha value is -2.21. The van der Waals surface area contributed by atoms with E-state index >= 15 is 0 Å². The molecule has 0 aliphatic carbocycles. The highest BCUT2D eigenvalue weighted by Gasteiger charge is 2.14. The molecule has 0 aliphatic rings. The summed E-state index contributed by atoms with van der Waals surface area (Å²) in [6.07, 6.45) is 0.528. The molecule has 0 saturated carbocycles. The summed E-state index contributed by atoms with van der Waals surface area (Å²) < 4.78 is 5.22. The molecule has 0 amide bonds. The highest BCUT2D eigenvalue weighted by Crippen LogP contribution is 2.28. The van der Waals surface area contributed by atoms with Gasteiger partial charge in [0.1, 0.15) is 5.75 Å². The molecule has 0 atom stereocenters. The number of aromatic nitrogens is 3. The van der Waals surface area contributed by atoms with Crippen molar-refractivity contribution in [2.45, 2.75) is 20.3 Å². The van der Waals surface area contributed by atoms with Crippen LogP contribution in [0.25, 0.3) is 11.5 Å². The minimum absolute atomic E-state index is 0.135. The maximum atomic E-state index is 9.85. The summed E-state index contributed by atoms with van der Waals surface area (Å²) in [4.78, 5) is 8.68. The fourth-order valence-corrected chi connectivity index (χ4v) is 2.52. The molecule has 2 aromatic heterocycles. The van der Waals surface area contributed by atoms with Crippen LogP contribution in [0.3, 0.4) is 0 Å². The van der Waals surface area contributed by atoms with E-state index in [0.717, 1.165) is 16.3 Å². The Bertz CT molecular complexity index is 748. The zero-order valence-corrected chi connectivity index (χ0v) is 11.9. The molecule has 3 aromatic rings. The first-order valence-electron chi connectivity index (χ1n) is 6.15. The van der Waals surface area contributed by atoms with Gasteiger partial charge in [-0.3, -0.25) is 0 Å². The molecule has 20 heavy (non-hydrogen) atoms. The molecule has 3 rings (SSSR count). The van der Waals surface area contributed by atoms with Crippen LogP contribution in [-0.4, -0.2) is 20.2 Å². The first kappa shape index (κ1) is 12.8. The standard InChI is InChI=1S/C14H13N3O2S/c1-8-3-4-12(18)11(5-8)14-16-13(17-19-14)6-10-7-20-9(2)15-10/h3-5,7,18H,6H2,1-2H3. The fraction of sp³-hybridized carbons (Fsp3) is 0.214. The van der Waals surface area contributed by atoms with Crippen molar-refractivity contribution in [2.24, 2.45) is 0 Å². The maximum Gasteiger partial charge on any atom is 0.261 e. The summed E-state index contributed by atoms with van der Waals surface area (Å²) in [7, 11) is 0. The second-order valence-electron chi connectivity index (χ2n) is 4.57. The number of phenolic OH excluding ortho intramolecular Hbond substituents is 1. The predicted molar refractivity (Wildman–Crippen MR) is 75.8 cm³/mol. The van der Waals surface area contributed by atoms with E-state index in [1.807, 2.05) is 31.4 Å². The van der Waals surface area contributed by atoms with Crippen molar-refractivity contribution >= 4 is 11.3 Å². The molecule has 1 aromatic carbocycles. The topological polar surface area (TPSA) is 72.0 Å². The molecule has 0 radical (unpaired) electrons. The van der Waals surface area contributed by atoms with Gasteiger partial charge in [-0.2, -0.15) is 4.98 Å². The van der Waals surface area contributed by atoms with E-state index in [1.54, 1.807) is 17.4 Å². The van der Waals surface area contributed by atoms with Gasteiger partial charge in [-0.25, -0.2) is 4.98 Å². The molecule has 1 N–H and O–H groups in total. The lowest BCUT2D eigenvalue weighted by atomic mass is 10.1. The van der Waals surface area contributed by atoms with E-state index in [-0.39, 0.29) is 5.75 Å². The van der Waals surface area contributed by atoms with Gasteiger partial charge in [-0.05, 0) is 26.0 Å². The predicted octanol–water partition coefficient (Wildman–Crippen LogP) is 3.11. The number of hydrogen-bond donors (Lipinski definition) is 1. The summed E-state index contributed by atoms with van der Waals surface area (Å²) in [5.41, 5.74) is 2.50. The molecule has 0 fully saturated rings. The molecular formula is C14H13N3O2S. The summed E-state index contributed by atoms with van der Waals surface area (Å²) in [5.74, 6) is 1.02. The smallest absolute Gasteiger partial charge is 0.261 e. The van der Waals surface area contributed by atoms with Crippen molar-refractivity contribution in [2.75, 3.05) is 0 Å². The van der Waals surface area contributed by atoms with Crippen molar-refractivity contribution in [3.8, 4) is 17.2 Å². The van der Waals surface area contributed by atoms with Gasteiger partial charge in [0.25, 0.3) is 5.89 Å². The molecule has 0 unspecified atom stereocenters. The summed E-state index contributed by atoms with van der Waals surface area (Å²) in [5, 5.41) is 16.8. The zero-order chi connectivity index (χ0) is 14.1. The Morgan fingerprint density at radius 1 is 1.25 bits per heavy atom. The van der Waals surface area contributed by atoms with Crippen molar-refractivity contribution < 1.29 is 9.63 Å². The average molecular weight is 287 g/mol. The van der Waals surface area contributed by atoms with Crippen LogP contribution in [0.2, 0.25) is 0 Å². The molecule has 0 spiro atoms. The van der Waals surface area contributed by atoms with Gasteiger partial charge in [-0.15, -0.1) is 11.3 Å². The molecule has 102 valence electrons. The lowest BCUT2D eigenvalue weighted by molar-refractivity contribution is 0.418. The summed E-state index contributed by atoms with van der Waals surface area (Å²) in [6.45, 7) is 3.90. The fourth-order valence-electron chi connectivity index (χ4n) is 1.91. The van der Waals surface area contributed by atoms with E-state index in [2.05, 4.69) is 15.1 Å². The van der Waals surface area contributed by atoms with E-state index in [4.69, 9.17) is 4.52 Å². The Labute approximate surface area is 119 Å². The van der Waals surface area contributed by atoms with Crippen LogP contribution in [0.15, 0.2) is 28.1 Å². The maximum absolute atomic E-state index is 9.85. The third kappa shape index (κ3) is 2.55. The Kier molecular flexibility index (Phi) is 3.23. The highest BCUT2D eigenvalue weighted by atomic mass is 32.1. The minimum atomic E-state index is 0.135. The third-order valence-corrected chi connectivity index (χ3v) is 3.68. The largest absolute Gasteiger partial charge is 0.507 e. The normalized spacial score (nSPS) is 10.9. The third-order valence-electron chi connectivity index (χ3n) is 2.86. The number of nitrogens with zero attached hydrogens (tertiary/aromatic N) is 3. The van der Waals surface area contributed by atoms with Crippen LogP contribution in [0.5, 0.6) is 5.75 Å². The highest BCUT2D eigenvalue weighted by molar-refractivity contribution is 7.09. The van der Waals surface area contributed by atoms with Crippen LogP contribution in [-0.2, 0) is 6.42 Å². The SMILES string of the molecule is Cc1ccc(O)c(-c2nc(Cc3csc(C)n3)no2)c1. The van der Waals surface area contributed by atoms with Crippen LogP contribution < -0.4 is 0 Å². The van der Waals surface area contributed by atoms with Gasteiger partial charge in [0, 0.05) is 5.38 Å². The molecule has 0 bridgehead atoms. The van der Waals surface area contributed by atoms with Crippen molar-refractivity contribution in [3.05, 3.63) is 45.7 Å². The first-order chi connectivity index (χ1) is 9.61. The number of aryl methyl sites for hydroxylation is 2. The number of aromatic hydroxyl groups is 1. The molecular weight excluding hydrogens is 274 g/mol. The van der Waals surface area contributed by atoms with E-state index in [9.17, 15) is 5.11 Å². The molecule has 5 nitrogen and oxygen atoms in total.